The van der Waals surface area contributed by atoms with E-state index in [-0.39, 0.29) is 21.5 Å². The smallest absolute Gasteiger partial charge is 0.270 e. The number of nitrogens with one attached hydrogen (secondary N) is 1. The van der Waals surface area contributed by atoms with E-state index in [0.29, 0.717) is 23.6 Å². The summed E-state index contributed by atoms with van der Waals surface area (Å²) < 4.78 is 39.2. The maximum Gasteiger partial charge on any atom is 0.270 e. The Morgan fingerprint density at radius 2 is 1.86 bits per heavy atom. The first kappa shape index (κ1) is 25.2. The fraction of sp³-hybridized carbons (Fsp3) is 0.318. The second-order valence-corrected chi connectivity index (χ2v) is 11.6. The van der Waals surface area contributed by atoms with E-state index in [2.05, 4.69) is 14.6 Å². The van der Waals surface area contributed by atoms with Crippen LogP contribution in [0.15, 0.2) is 47.4 Å². The van der Waals surface area contributed by atoms with E-state index in [0.717, 1.165) is 29.5 Å². The van der Waals surface area contributed by atoms with E-state index in [4.69, 9.17) is 9.47 Å². The van der Waals surface area contributed by atoms with E-state index in [9.17, 15) is 18.5 Å². The highest BCUT2D eigenvalue weighted by Crippen LogP contribution is 2.36. The van der Waals surface area contributed by atoms with Crippen molar-refractivity contribution in [2.75, 3.05) is 43.5 Å². The summed E-state index contributed by atoms with van der Waals surface area (Å²) in [5, 5.41) is 11.5. The van der Waals surface area contributed by atoms with Gasteiger partial charge in [-0.1, -0.05) is 23.5 Å². The quantitative estimate of drug-likeness (QED) is 0.318. The number of hydrogen-bond donors (Lipinski definition) is 1. The molecule has 1 saturated heterocycles. The molecule has 0 saturated carbocycles. The number of nitrogens with zero attached hydrogens (tertiary/aromatic N) is 3. The topological polar surface area (TPSA) is 124 Å². The van der Waals surface area contributed by atoms with Crippen LogP contribution in [-0.4, -0.2) is 62.0 Å². The highest BCUT2D eigenvalue weighted by molar-refractivity contribution is 7.99. The minimum Gasteiger partial charge on any atom is -0.493 e. The molecule has 0 radical (unpaired) electrons. The summed E-state index contributed by atoms with van der Waals surface area (Å²) in [5.41, 5.74) is 1.04. The van der Waals surface area contributed by atoms with Crippen LogP contribution in [0, 0.1) is 10.1 Å². The van der Waals surface area contributed by atoms with E-state index in [1.54, 1.807) is 12.1 Å². The van der Waals surface area contributed by atoms with Crippen molar-refractivity contribution in [3.05, 3.63) is 57.5 Å². The van der Waals surface area contributed by atoms with Gasteiger partial charge in [0.2, 0.25) is 0 Å². The minimum absolute atomic E-state index is 0.00291. The molecule has 0 amide bonds. The third-order valence-electron chi connectivity index (χ3n) is 5.39. The summed E-state index contributed by atoms with van der Waals surface area (Å²) in [7, 11) is -1.07. The van der Waals surface area contributed by atoms with Crippen molar-refractivity contribution >= 4 is 43.9 Å². The molecule has 10 nitrogen and oxygen atoms in total. The van der Waals surface area contributed by atoms with Crippen molar-refractivity contribution in [3.63, 3.8) is 0 Å². The molecule has 1 aliphatic rings. The zero-order valence-electron chi connectivity index (χ0n) is 19.1. The lowest BCUT2D eigenvalue weighted by Crippen LogP contribution is -2.31. The van der Waals surface area contributed by atoms with E-state index in [1.165, 1.54) is 55.9 Å². The largest absolute Gasteiger partial charge is 0.493 e. The number of aromatic nitrogens is 1. The SMILES string of the molecule is COc1ccc(S(=O)(=O)Nc2nc(-c3cccc([N+](=O)[O-])c3)c(CN3CCSCC3)s2)cc1OC. The molecule has 3 aromatic rings. The highest BCUT2D eigenvalue weighted by Gasteiger charge is 2.23. The number of sulfonamides is 1. The van der Waals surface area contributed by atoms with E-state index < -0.39 is 14.9 Å². The lowest BCUT2D eigenvalue weighted by Gasteiger charge is -2.25. The Kier molecular flexibility index (Phi) is 7.79. The number of benzene rings is 2. The monoisotopic (exact) mass is 536 g/mol. The molecule has 0 bridgehead atoms. The Balaban J connectivity index is 1.69. The fourth-order valence-electron chi connectivity index (χ4n) is 3.61. The summed E-state index contributed by atoms with van der Waals surface area (Å²) in [5.74, 6) is 2.74. The maximum absolute atomic E-state index is 13.1. The number of non-ortho nitro benzene ring substituents is 1. The molecule has 13 heteroatoms. The second kappa shape index (κ2) is 10.8. The fourth-order valence-corrected chi connectivity index (χ4v) is 6.87. The van der Waals surface area contributed by atoms with Crippen LogP contribution >= 0.6 is 23.1 Å². The van der Waals surface area contributed by atoms with Crippen LogP contribution in [0.2, 0.25) is 0 Å². The molecule has 0 unspecified atom stereocenters. The molecular weight excluding hydrogens is 512 g/mol. The second-order valence-electron chi connectivity index (χ2n) is 7.61. The van der Waals surface area contributed by atoms with Gasteiger partial charge < -0.3 is 9.47 Å². The molecule has 0 spiro atoms. The number of thioether (sulfide) groups is 1. The van der Waals surface area contributed by atoms with Gasteiger partial charge in [0.05, 0.1) is 29.7 Å². The number of anilines is 1. The first-order valence-corrected chi connectivity index (χ1v) is 14.1. The van der Waals surface area contributed by atoms with Gasteiger partial charge in [0.15, 0.2) is 16.6 Å². The number of nitro groups is 1. The zero-order valence-corrected chi connectivity index (χ0v) is 21.5. The van der Waals surface area contributed by atoms with Gasteiger partial charge in [-0.05, 0) is 12.1 Å². The molecule has 1 aliphatic heterocycles. The van der Waals surface area contributed by atoms with Gasteiger partial charge >= 0.3 is 0 Å². The van der Waals surface area contributed by atoms with Gasteiger partial charge in [0.1, 0.15) is 0 Å². The molecule has 0 atom stereocenters. The van der Waals surface area contributed by atoms with Gasteiger partial charge in [-0.25, -0.2) is 13.4 Å². The van der Waals surface area contributed by atoms with Gasteiger partial charge in [0, 0.05) is 59.8 Å². The van der Waals surface area contributed by atoms with Crippen LogP contribution in [0.25, 0.3) is 11.3 Å². The highest BCUT2D eigenvalue weighted by atomic mass is 32.2. The minimum atomic E-state index is -3.97. The predicted molar refractivity (Wildman–Crippen MR) is 137 cm³/mol. The molecule has 2 heterocycles. The Morgan fingerprint density at radius 3 is 2.54 bits per heavy atom. The van der Waals surface area contributed by atoms with Crippen LogP contribution < -0.4 is 14.2 Å². The molecule has 1 N–H and O–H groups in total. The van der Waals surface area contributed by atoms with Crippen LogP contribution in [0.1, 0.15) is 4.88 Å². The number of rotatable bonds is 9. The normalized spacial score (nSPS) is 14.5. The van der Waals surface area contributed by atoms with E-state index >= 15 is 0 Å². The third kappa shape index (κ3) is 5.86. The summed E-state index contributed by atoms with van der Waals surface area (Å²) in [6.45, 7) is 2.39. The lowest BCUT2D eigenvalue weighted by molar-refractivity contribution is -0.384. The molecule has 4 rings (SSSR count). The molecule has 2 aromatic carbocycles. The average molecular weight is 537 g/mol. The Morgan fingerprint density at radius 1 is 1.11 bits per heavy atom. The van der Waals surface area contributed by atoms with E-state index in [1.807, 2.05) is 11.8 Å². The van der Waals surface area contributed by atoms with Crippen molar-refractivity contribution < 1.29 is 22.8 Å². The molecule has 35 heavy (non-hydrogen) atoms. The standard InChI is InChI=1S/C22H24N4O6S3/c1-31-18-7-6-17(13-19(18)32-2)35(29,30)24-22-23-21(15-4-3-5-16(12-15)26(27)28)20(34-22)14-25-8-10-33-11-9-25/h3-7,12-13H,8-11,14H2,1-2H3,(H,23,24). The Labute approximate surface area is 211 Å². The number of hydrogen-bond acceptors (Lipinski definition) is 10. The molecule has 1 aromatic heterocycles. The molecule has 186 valence electrons. The Bertz CT molecular complexity index is 1320. The number of nitro benzene ring substituents is 1. The van der Waals surface area contributed by atoms with Crippen molar-refractivity contribution in [2.45, 2.75) is 11.4 Å². The van der Waals surface area contributed by atoms with Crippen molar-refractivity contribution in [1.82, 2.24) is 9.88 Å². The van der Waals surface area contributed by atoms with Gasteiger partial charge in [-0.15, -0.1) is 0 Å². The summed E-state index contributed by atoms with van der Waals surface area (Å²) in [6, 6.07) is 10.5. The van der Waals surface area contributed by atoms with Crippen LogP contribution in [-0.2, 0) is 16.6 Å². The maximum atomic E-state index is 13.1. The number of thiazole rings is 1. The van der Waals surface area contributed by atoms with Crippen molar-refractivity contribution in [3.8, 4) is 22.8 Å². The van der Waals surface area contributed by atoms with Gasteiger partial charge in [-0.2, -0.15) is 11.8 Å². The molecule has 0 aliphatic carbocycles. The van der Waals surface area contributed by atoms with Crippen molar-refractivity contribution in [2.24, 2.45) is 0 Å². The third-order valence-corrected chi connectivity index (χ3v) is 8.75. The first-order chi connectivity index (χ1) is 16.8. The van der Waals surface area contributed by atoms with Gasteiger partial charge in [0.25, 0.3) is 15.7 Å². The van der Waals surface area contributed by atoms with Crippen molar-refractivity contribution in [1.29, 1.82) is 0 Å². The predicted octanol–water partition coefficient (Wildman–Crippen LogP) is 4.09. The van der Waals surface area contributed by atoms with Crippen LogP contribution in [0.4, 0.5) is 10.8 Å². The van der Waals surface area contributed by atoms with Gasteiger partial charge in [-0.3, -0.25) is 19.7 Å². The van der Waals surface area contributed by atoms with Crippen LogP contribution in [0.5, 0.6) is 11.5 Å². The molecular formula is C22H24N4O6S3. The average Bonchev–Trinajstić information content (AvgIpc) is 3.25. The molecule has 1 fully saturated rings. The summed E-state index contributed by atoms with van der Waals surface area (Å²) in [4.78, 5) is 18.5. The number of ether oxygens (including phenoxy) is 2. The Hall–Kier alpha value is -2.87. The summed E-state index contributed by atoms with van der Waals surface area (Å²) in [6.07, 6.45) is 0. The zero-order chi connectivity index (χ0) is 25.0. The first-order valence-electron chi connectivity index (χ1n) is 10.6. The summed E-state index contributed by atoms with van der Waals surface area (Å²) >= 11 is 3.12. The lowest BCUT2D eigenvalue weighted by atomic mass is 10.1. The number of methoxy groups -OCH3 is 2. The van der Waals surface area contributed by atoms with Crippen LogP contribution in [0.3, 0.4) is 0 Å².